The van der Waals surface area contributed by atoms with Gasteiger partial charge in [-0.15, -0.1) is 0 Å². The zero-order chi connectivity index (χ0) is 12.6. The van der Waals surface area contributed by atoms with Crippen molar-refractivity contribution in [1.29, 1.82) is 0 Å². The quantitative estimate of drug-likeness (QED) is 0.835. The van der Waals surface area contributed by atoms with Gasteiger partial charge < -0.3 is 15.2 Å². The van der Waals surface area contributed by atoms with E-state index in [2.05, 4.69) is 4.98 Å². The van der Waals surface area contributed by atoms with Crippen molar-refractivity contribution in [3.63, 3.8) is 0 Å². The van der Waals surface area contributed by atoms with Crippen LogP contribution in [0.25, 0.3) is 5.52 Å². The van der Waals surface area contributed by atoms with Gasteiger partial charge in [-0.3, -0.25) is 0 Å². The molecule has 0 amide bonds. The lowest BCUT2D eigenvalue weighted by atomic mass is 10.2. The minimum Gasteiger partial charge on any atom is -0.476 e. The van der Waals surface area contributed by atoms with Gasteiger partial charge in [-0.1, -0.05) is 6.07 Å². The maximum absolute atomic E-state index is 11.1. The standard InChI is InChI=1S/C12H15N3O2/c1-7-3-4-9-11(12(16)17)14-10(5-8(2)13)15(9)6-7/h3-4,6,8H,5,13H2,1-2H3,(H,16,17). The van der Waals surface area contributed by atoms with E-state index in [9.17, 15) is 4.79 Å². The molecule has 5 heteroatoms. The first-order valence-electron chi connectivity index (χ1n) is 5.45. The Morgan fingerprint density at radius 3 is 2.88 bits per heavy atom. The molecule has 2 aromatic rings. The van der Waals surface area contributed by atoms with Crippen LogP contribution in [0.1, 0.15) is 28.8 Å². The highest BCUT2D eigenvalue weighted by atomic mass is 16.4. The molecule has 2 rings (SSSR count). The van der Waals surface area contributed by atoms with Gasteiger partial charge in [-0.2, -0.15) is 0 Å². The molecule has 2 aromatic heterocycles. The predicted molar refractivity (Wildman–Crippen MR) is 64.2 cm³/mol. The summed E-state index contributed by atoms with van der Waals surface area (Å²) in [6.45, 7) is 3.83. The Kier molecular flexibility index (Phi) is 2.85. The van der Waals surface area contributed by atoms with Gasteiger partial charge in [-0.25, -0.2) is 9.78 Å². The molecule has 0 aliphatic carbocycles. The number of imidazole rings is 1. The van der Waals surface area contributed by atoms with Gasteiger partial charge in [0.05, 0.1) is 5.52 Å². The van der Waals surface area contributed by atoms with Gasteiger partial charge in [0, 0.05) is 18.7 Å². The molecule has 0 saturated carbocycles. The Labute approximate surface area is 98.9 Å². The number of nitrogens with zero attached hydrogens (tertiary/aromatic N) is 2. The Morgan fingerprint density at radius 2 is 2.29 bits per heavy atom. The average Bonchev–Trinajstić information content (AvgIpc) is 2.56. The molecule has 3 N–H and O–H groups in total. The lowest BCUT2D eigenvalue weighted by molar-refractivity contribution is 0.0693. The lowest BCUT2D eigenvalue weighted by Gasteiger charge is -2.04. The predicted octanol–water partition coefficient (Wildman–Crippen LogP) is 1.23. The summed E-state index contributed by atoms with van der Waals surface area (Å²) >= 11 is 0. The van der Waals surface area contributed by atoms with Crippen LogP contribution in [0.3, 0.4) is 0 Å². The smallest absolute Gasteiger partial charge is 0.356 e. The van der Waals surface area contributed by atoms with Crippen LogP contribution in [0.5, 0.6) is 0 Å². The lowest BCUT2D eigenvalue weighted by Crippen LogP contribution is -2.19. The summed E-state index contributed by atoms with van der Waals surface area (Å²) in [5.74, 6) is -0.321. The fraction of sp³-hybridized carbons (Fsp3) is 0.333. The number of fused-ring (bicyclic) bond motifs is 1. The topological polar surface area (TPSA) is 80.6 Å². The SMILES string of the molecule is Cc1ccc2c(C(=O)O)nc(CC(C)N)n2c1. The number of aromatic nitrogens is 2. The van der Waals surface area contributed by atoms with Crippen molar-refractivity contribution < 1.29 is 9.90 Å². The van der Waals surface area contributed by atoms with Crippen molar-refractivity contribution in [2.75, 3.05) is 0 Å². The Balaban J connectivity index is 2.66. The molecule has 0 radical (unpaired) electrons. The second-order valence-electron chi connectivity index (χ2n) is 4.32. The Morgan fingerprint density at radius 1 is 1.59 bits per heavy atom. The van der Waals surface area contributed by atoms with E-state index in [0.29, 0.717) is 17.8 Å². The van der Waals surface area contributed by atoms with E-state index in [-0.39, 0.29) is 11.7 Å². The normalized spacial score (nSPS) is 12.9. The molecule has 2 heterocycles. The van der Waals surface area contributed by atoms with Crippen molar-refractivity contribution in [1.82, 2.24) is 9.38 Å². The van der Waals surface area contributed by atoms with Crippen LogP contribution in [-0.2, 0) is 6.42 Å². The molecule has 0 spiro atoms. The molecule has 0 saturated heterocycles. The highest BCUT2D eigenvalue weighted by molar-refractivity contribution is 5.93. The van der Waals surface area contributed by atoms with Crippen LogP contribution in [0.2, 0.25) is 0 Å². The molecule has 0 aliphatic rings. The summed E-state index contributed by atoms with van der Waals surface area (Å²) in [6.07, 6.45) is 2.43. The number of carboxylic acids is 1. The van der Waals surface area contributed by atoms with E-state index in [1.165, 1.54) is 0 Å². The number of pyridine rings is 1. The third-order valence-corrected chi connectivity index (χ3v) is 2.57. The maximum atomic E-state index is 11.1. The van der Waals surface area contributed by atoms with E-state index in [1.807, 2.05) is 30.5 Å². The summed E-state index contributed by atoms with van der Waals surface area (Å²) in [5.41, 5.74) is 7.49. The number of hydrogen-bond donors (Lipinski definition) is 2. The zero-order valence-corrected chi connectivity index (χ0v) is 9.84. The summed E-state index contributed by atoms with van der Waals surface area (Å²) in [7, 11) is 0. The van der Waals surface area contributed by atoms with Crippen molar-refractivity contribution in [2.45, 2.75) is 26.3 Å². The molecule has 0 fully saturated rings. The minimum absolute atomic E-state index is 0.0530. The van der Waals surface area contributed by atoms with Crippen LogP contribution in [0, 0.1) is 6.92 Å². The zero-order valence-electron chi connectivity index (χ0n) is 9.84. The summed E-state index contributed by atoms with van der Waals surface area (Å²) in [5, 5.41) is 9.09. The summed E-state index contributed by atoms with van der Waals surface area (Å²) in [4.78, 5) is 15.2. The average molecular weight is 233 g/mol. The first-order valence-corrected chi connectivity index (χ1v) is 5.45. The number of aromatic carboxylic acids is 1. The molecule has 0 bridgehead atoms. The number of carbonyl (C=O) groups is 1. The summed E-state index contributed by atoms with van der Waals surface area (Å²) < 4.78 is 1.81. The van der Waals surface area contributed by atoms with Gasteiger partial charge in [-0.05, 0) is 25.5 Å². The van der Waals surface area contributed by atoms with Gasteiger partial charge >= 0.3 is 5.97 Å². The van der Waals surface area contributed by atoms with Crippen LogP contribution in [-0.4, -0.2) is 26.5 Å². The van der Waals surface area contributed by atoms with Gasteiger partial charge in [0.2, 0.25) is 0 Å². The van der Waals surface area contributed by atoms with Crippen LogP contribution < -0.4 is 5.73 Å². The number of hydrogen-bond acceptors (Lipinski definition) is 3. The van der Waals surface area contributed by atoms with E-state index < -0.39 is 5.97 Å². The van der Waals surface area contributed by atoms with Crippen LogP contribution in [0.15, 0.2) is 18.3 Å². The molecule has 5 nitrogen and oxygen atoms in total. The number of nitrogens with two attached hydrogens (primary N) is 1. The van der Waals surface area contributed by atoms with E-state index in [1.54, 1.807) is 6.07 Å². The molecule has 0 aromatic carbocycles. The van der Waals surface area contributed by atoms with E-state index >= 15 is 0 Å². The fourth-order valence-electron chi connectivity index (χ4n) is 1.84. The van der Waals surface area contributed by atoms with Crippen molar-refractivity contribution in [2.24, 2.45) is 5.73 Å². The van der Waals surface area contributed by atoms with E-state index in [4.69, 9.17) is 10.8 Å². The molecule has 90 valence electrons. The van der Waals surface area contributed by atoms with Gasteiger partial charge in [0.25, 0.3) is 0 Å². The second-order valence-corrected chi connectivity index (χ2v) is 4.32. The Hall–Kier alpha value is -1.88. The molecule has 0 aliphatic heterocycles. The molecular weight excluding hydrogens is 218 g/mol. The fourth-order valence-corrected chi connectivity index (χ4v) is 1.84. The molecular formula is C12H15N3O2. The first kappa shape index (κ1) is 11.6. The monoisotopic (exact) mass is 233 g/mol. The number of carboxylic acid groups (broad SMARTS) is 1. The number of aryl methyl sites for hydroxylation is 1. The van der Waals surface area contributed by atoms with E-state index in [0.717, 1.165) is 5.56 Å². The van der Waals surface area contributed by atoms with Crippen molar-refractivity contribution in [3.8, 4) is 0 Å². The second kappa shape index (κ2) is 4.18. The largest absolute Gasteiger partial charge is 0.476 e. The first-order chi connectivity index (χ1) is 7.99. The Bertz CT molecular complexity index is 572. The van der Waals surface area contributed by atoms with Crippen LogP contribution in [0.4, 0.5) is 0 Å². The highest BCUT2D eigenvalue weighted by Crippen LogP contribution is 2.15. The molecule has 1 atom stereocenters. The highest BCUT2D eigenvalue weighted by Gasteiger charge is 2.17. The van der Waals surface area contributed by atoms with Crippen molar-refractivity contribution in [3.05, 3.63) is 35.4 Å². The number of rotatable bonds is 3. The minimum atomic E-state index is -1.01. The summed E-state index contributed by atoms with van der Waals surface area (Å²) in [6, 6.07) is 3.60. The maximum Gasteiger partial charge on any atom is 0.356 e. The molecule has 17 heavy (non-hydrogen) atoms. The van der Waals surface area contributed by atoms with Crippen molar-refractivity contribution >= 4 is 11.5 Å². The van der Waals surface area contributed by atoms with Gasteiger partial charge in [0.1, 0.15) is 5.82 Å². The third-order valence-electron chi connectivity index (χ3n) is 2.57. The molecule has 1 unspecified atom stereocenters. The third kappa shape index (κ3) is 2.14. The van der Waals surface area contributed by atoms with Gasteiger partial charge in [0.15, 0.2) is 5.69 Å². The van der Waals surface area contributed by atoms with Crippen LogP contribution >= 0.6 is 0 Å².